The van der Waals surface area contributed by atoms with Crippen LogP contribution in [0.15, 0.2) is 36.7 Å². The summed E-state index contributed by atoms with van der Waals surface area (Å²) >= 11 is 0. The minimum atomic E-state index is -0.348. The molecule has 1 aliphatic carbocycles. The number of carbonyl (C=O) groups is 1. The zero-order valence-corrected chi connectivity index (χ0v) is 11.7. The lowest BCUT2D eigenvalue weighted by molar-refractivity contribution is 0.0601. The van der Waals surface area contributed by atoms with Crippen molar-refractivity contribution < 1.29 is 9.53 Å². The smallest absolute Gasteiger partial charge is 0.337 e. The maximum Gasteiger partial charge on any atom is 0.337 e. The second kappa shape index (κ2) is 5.78. The van der Waals surface area contributed by atoms with Crippen molar-refractivity contribution in [2.45, 2.75) is 18.9 Å². The number of benzene rings is 1. The highest BCUT2D eigenvalue weighted by Crippen LogP contribution is 2.24. The van der Waals surface area contributed by atoms with Crippen LogP contribution in [0.4, 0.5) is 17.3 Å². The van der Waals surface area contributed by atoms with E-state index in [0.717, 1.165) is 11.5 Å². The molecule has 2 aromatic rings. The number of carbonyl (C=O) groups excluding carboxylic acids is 1. The van der Waals surface area contributed by atoms with Gasteiger partial charge < -0.3 is 15.4 Å². The molecular weight excluding hydrogens is 268 g/mol. The first kappa shape index (κ1) is 13.4. The number of hydrogen-bond acceptors (Lipinski definition) is 6. The van der Waals surface area contributed by atoms with E-state index in [2.05, 4.69) is 25.3 Å². The van der Waals surface area contributed by atoms with Crippen LogP contribution in [-0.4, -0.2) is 29.1 Å². The van der Waals surface area contributed by atoms with E-state index >= 15 is 0 Å². The van der Waals surface area contributed by atoms with Gasteiger partial charge in [0.05, 0.1) is 12.7 Å². The fourth-order valence-corrected chi connectivity index (χ4v) is 1.90. The van der Waals surface area contributed by atoms with Gasteiger partial charge in [0.2, 0.25) is 0 Å². The average molecular weight is 284 g/mol. The van der Waals surface area contributed by atoms with E-state index in [9.17, 15) is 4.79 Å². The van der Waals surface area contributed by atoms with Gasteiger partial charge >= 0.3 is 5.97 Å². The summed E-state index contributed by atoms with van der Waals surface area (Å²) in [6.45, 7) is 0. The Morgan fingerprint density at radius 2 is 1.90 bits per heavy atom. The van der Waals surface area contributed by atoms with Crippen LogP contribution in [0.5, 0.6) is 0 Å². The van der Waals surface area contributed by atoms with Gasteiger partial charge in [0, 0.05) is 17.8 Å². The summed E-state index contributed by atoms with van der Waals surface area (Å²) in [6, 6.07) is 9.45. The van der Waals surface area contributed by atoms with E-state index in [-0.39, 0.29) is 5.97 Å². The molecule has 0 radical (unpaired) electrons. The van der Waals surface area contributed by atoms with Gasteiger partial charge in [-0.2, -0.15) is 0 Å². The summed E-state index contributed by atoms with van der Waals surface area (Å²) in [6.07, 6.45) is 3.92. The topological polar surface area (TPSA) is 76.1 Å². The number of methoxy groups -OCH3 is 1. The van der Waals surface area contributed by atoms with E-state index in [1.165, 1.54) is 26.3 Å². The number of rotatable bonds is 5. The second-order valence-electron chi connectivity index (χ2n) is 4.90. The predicted molar refractivity (Wildman–Crippen MR) is 79.7 cm³/mol. The Kier molecular flexibility index (Phi) is 3.68. The molecule has 1 aliphatic rings. The normalized spacial score (nSPS) is 13.6. The Labute approximate surface area is 122 Å². The van der Waals surface area contributed by atoms with E-state index in [0.29, 0.717) is 17.4 Å². The highest BCUT2D eigenvalue weighted by atomic mass is 16.5. The maximum atomic E-state index is 11.4. The van der Waals surface area contributed by atoms with Crippen molar-refractivity contribution in [1.29, 1.82) is 0 Å². The van der Waals surface area contributed by atoms with Crippen LogP contribution in [0.3, 0.4) is 0 Å². The number of nitrogens with one attached hydrogen (secondary N) is 2. The monoisotopic (exact) mass is 284 g/mol. The van der Waals surface area contributed by atoms with Crippen molar-refractivity contribution in [2.24, 2.45) is 0 Å². The van der Waals surface area contributed by atoms with Crippen LogP contribution < -0.4 is 10.6 Å². The molecule has 0 amide bonds. The van der Waals surface area contributed by atoms with Crippen LogP contribution in [0.2, 0.25) is 0 Å². The average Bonchev–Trinajstić information content (AvgIpc) is 3.31. The summed E-state index contributed by atoms with van der Waals surface area (Å²) in [5, 5.41) is 6.50. The van der Waals surface area contributed by atoms with Crippen LogP contribution in [-0.2, 0) is 4.74 Å². The zero-order valence-electron chi connectivity index (χ0n) is 11.7. The quantitative estimate of drug-likeness (QED) is 0.822. The fraction of sp³-hybridized carbons (Fsp3) is 0.267. The summed E-state index contributed by atoms with van der Waals surface area (Å²) in [7, 11) is 1.36. The molecule has 0 bridgehead atoms. The Bertz CT molecular complexity index is 638. The molecule has 1 fully saturated rings. The third-order valence-corrected chi connectivity index (χ3v) is 3.17. The Morgan fingerprint density at radius 1 is 1.19 bits per heavy atom. The van der Waals surface area contributed by atoms with E-state index < -0.39 is 0 Å². The lowest BCUT2D eigenvalue weighted by Crippen LogP contribution is -2.04. The number of esters is 1. The zero-order chi connectivity index (χ0) is 14.7. The minimum Gasteiger partial charge on any atom is -0.465 e. The van der Waals surface area contributed by atoms with Gasteiger partial charge in [-0.05, 0) is 37.1 Å². The molecule has 108 valence electrons. The molecule has 0 saturated heterocycles. The number of ether oxygens (including phenoxy) is 1. The third-order valence-electron chi connectivity index (χ3n) is 3.17. The summed E-state index contributed by atoms with van der Waals surface area (Å²) < 4.78 is 4.66. The van der Waals surface area contributed by atoms with Crippen molar-refractivity contribution in [3.05, 3.63) is 42.2 Å². The van der Waals surface area contributed by atoms with Gasteiger partial charge in [-0.3, -0.25) is 0 Å². The second-order valence-corrected chi connectivity index (χ2v) is 4.90. The molecular formula is C15H16N4O2. The van der Waals surface area contributed by atoms with Crippen LogP contribution in [0.1, 0.15) is 23.2 Å². The van der Waals surface area contributed by atoms with Gasteiger partial charge in [0.15, 0.2) is 0 Å². The largest absolute Gasteiger partial charge is 0.465 e. The van der Waals surface area contributed by atoms with Crippen molar-refractivity contribution in [1.82, 2.24) is 9.97 Å². The molecule has 1 heterocycles. The van der Waals surface area contributed by atoms with Gasteiger partial charge in [-0.25, -0.2) is 14.8 Å². The molecule has 0 atom stereocenters. The lowest BCUT2D eigenvalue weighted by atomic mass is 10.2. The summed E-state index contributed by atoms with van der Waals surface area (Å²) in [5.74, 6) is 1.18. The van der Waals surface area contributed by atoms with Crippen LogP contribution >= 0.6 is 0 Å². The first-order chi connectivity index (χ1) is 10.2. The van der Waals surface area contributed by atoms with Crippen LogP contribution in [0, 0.1) is 0 Å². The summed E-state index contributed by atoms with van der Waals surface area (Å²) in [5.41, 5.74) is 1.36. The fourth-order valence-electron chi connectivity index (χ4n) is 1.90. The Balaban J connectivity index is 1.69. The van der Waals surface area contributed by atoms with Crippen molar-refractivity contribution >= 4 is 23.3 Å². The van der Waals surface area contributed by atoms with Gasteiger partial charge in [0.25, 0.3) is 0 Å². The Hall–Kier alpha value is -2.63. The minimum absolute atomic E-state index is 0.348. The molecule has 21 heavy (non-hydrogen) atoms. The Morgan fingerprint density at radius 3 is 2.57 bits per heavy atom. The maximum absolute atomic E-state index is 11.4. The SMILES string of the molecule is COC(=O)c1ccc(Nc2cc(NC3CC3)ncn2)cc1. The van der Waals surface area contributed by atoms with Gasteiger partial charge in [0.1, 0.15) is 18.0 Å². The highest BCUT2D eigenvalue weighted by Gasteiger charge is 2.21. The number of nitrogens with zero attached hydrogens (tertiary/aromatic N) is 2. The standard InChI is InChI=1S/C15H16N4O2/c1-21-15(20)10-2-4-11(5-3-10)18-13-8-14(17-9-16-13)19-12-6-7-12/h2-5,8-9,12H,6-7H2,1H3,(H2,16,17,18,19). The number of anilines is 3. The van der Waals surface area contributed by atoms with Crippen molar-refractivity contribution in [2.75, 3.05) is 17.7 Å². The number of aromatic nitrogens is 2. The lowest BCUT2D eigenvalue weighted by Gasteiger charge is -2.08. The highest BCUT2D eigenvalue weighted by molar-refractivity contribution is 5.89. The molecule has 1 aromatic heterocycles. The molecule has 6 heteroatoms. The van der Waals surface area contributed by atoms with Crippen molar-refractivity contribution in [3.63, 3.8) is 0 Å². The first-order valence-corrected chi connectivity index (χ1v) is 6.78. The molecule has 1 aromatic carbocycles. The molecule has 0 aliphatic heterocycles. The van der Waals surface area contributed by atoms with E-state index in [1.54, 1.807) is 12.1 Å². The van der Waals surface area contributed by atoms with E-state index in [4.69, 9.17) is 0 Å². The van der Waals surface area contributed by atoms with Gasteiger partial charge in [-0.1, -0.05) is 0 Å². The molecule has 0 spiro atoms. The first-order valence-electron chi connectivity index (χ1n) is 6.78. The molecule has 2 N–H and O–H groups in total. The third kappa shape index (κ3) is 3.47. The van der Waals surface area contributed by atoms with E-state index in [1.807, 2.05) is 18.2 Å². The number of hydrogen-bond donors (Lipinski definition) is 2. The summed E-state index contributed by atoms with van der Waals surface area (Å²) in [4.78, 5) is 19.7. The molecule has 3 rings (SSSR count). The predicted octanol–water partition coefficient (Wildman–Crippen LogP) is 2.58. The van der Waals surface area contributed by atoms with Gasteiger partial charge in [-0.15, -0.1) is 0 Å². The van der Waals surface area contributed by atoms with Crippen molar-refractivity contribution in [3.8, 4) is 0 Å². The van der Waals surface area contributed by atoms with Crippen LogP contribution in [0.25, 0.3) is 0 Å². The molecule has 0 unspecified atom stereocenters. The molecule has 1 saturated carbocycles. The molecule has 6 nitrogen and oxygen atoms in total.